The van der Waals surface area contributed by atoms with Crippen molar-refractivity contribution in [1.82, 2.24) is 20.9 Å². The Balaban J connectivity index is 1.44. The lowest BCUT2D eigenvalue weighted by Crippen LogP contribution is -2.57. The molecule has 0 spiro atoms. The smallest absolute Gasteiger partial charge is 0.408 e. The Morgan fingerprint density at radius 1 is 1.02 bits per heavy atom. The van der Waals surface area contributed by atoms with E-state index in [1.165, 1.54) is 11.1 Å². The molecule has 3 atom stereocenters. The first-order valence-corrected chi connectivity index (χ1v) is 16.2. The van der Waals surface area contributed by atoms with Gasteiger partial charge in [0.05, 0.1) is 6.61 Å². The summed E-state index contributed by atoms with van der Waals surface area (Å²) in [6.07, 6.45) is 3.87. The summed E-state index contributed by atoms with van der Waals surface area (Å²) in [4.78, 5) is 43.2. The second-order valence-corrected chi connectivity index (χ2v) is 13.8. The summed E-state index contributed by atoms with van der Waals surface area (Å²) in [5, 5.41) is 8.94. The second-order valence-electron chi connectivity index (χ2n) is 13.8. The molecule has 9 nitrogen and oxygen atoms in total. The zero-order valence-electron chi connectivity index (χ0n) is 27.1. The normalized spacial score (nSPS) is 23.5. The molecule has 1 fully saturated rings. The van der Waals surface area contributed by atoms with Gasteiger partial charge in [-0.1, -0.05) is 36.9 Å². The highest BCUT2D eigenvalue weighted by Crippen LogP contribution is 2.30. The Hall–Kier alpha value is -4.01. The minimum absolute atomic E-state index is 0.138. The molecule has 1 aliphatic carbocycles. The van der Waals surface area contributed by atoms with Crippen molar-refractivity contribution in [3.05, 3.63) is 77.0 Å². The van der Waals surface area contributed by atoms with Gasteiger partial charge in [0.15, 0.2) is 0 Å². The van der Waals surface area contributed by atoms with Gasteiger partial charge >= 0.3 is 6.09 Å². The van der Waals surface area contributed by atoms with Crippen LogP contribution in [0.2, 0.25) is 0 Å². The summed E-state index contributed by atoms with van der Waals surface area (Å²) in [5.74, 6) is 0.385. The van der Waals surface area contributed by atoms with Crippen LogP contribution in [0.3, 0.4) is 0 Å². The molecule has 1 unspecified atom stereocenters. The van der Waals surface area contributed by atoms with Gasteiger partial charge in [-0.05, 0) is 106 Å². The first-order valence-electron chi connectivity index (χ1n) is 16.2. The van der Waals surface area contributed by atoms with Crippen LogP contribution in [0.4, 0.5) is 4.79 Å². The van der Waals surface area contributed by atoms with Crippen molar-refractivity contribution in [1.29, 1.82) is 0 Å². The average Bonchev–Trinajstić information content (AvgIpc) is 3.42. The highest BCUT2D eigenvalue weighted by atomic mass is 16.6. The van der Waals surface area contributed by atoms with Gasteiger partial charge in [-0.15, -0.1) is 0 Å². The van der Waals surface area contributed by atoms with E-state index in [0.717, 1.165) is 54.9 Å². The van der Waals surface area contributed by atoms with Gasteiger partial charge in [-0.25, -0.2) is 4.79 Å². The molecule has 3 aliphatic rings. The number of benzene rings is 2. The summed E-state index contributed by atoms with van der Waals surface area (Å²) in [6, 6.07) is 12.4. The monoisotopic (exact) mass is 616 g/mol. The largest absolute Gasteiger partial charge is 0.494 e. The van der Waals surface area contributed by atoms with Crippen LogP contribution >= 0.6 is 0 Å². The minimum Gasteiger partial charge on any atom is -0.494 e. The molecule has 3 amide bonds. The number of amides is 3. The number of ether oxygens (including phenoxy) is 2. The quantitative estimate of drug-likeness (QED) is 0.447. The van der Waals surface area contributed by atoms with E-state index in [2.05, 4.69) is 39.6 Å². The van der Waals surface area contributed by atoms with Crippen molar-refractivity contribution < 1.29 is 23.9 Å². The van der Waals surface area contributed by atoms with Crippen molar-refractivity contribution >= 4 is 17.9 Å². The number of piperidine rings is 1. The molecule has 3 N–H and O–H groups in total. The van der Waals surface area contributed by atoms with E-state index in [0.29, 0.717) is 31.9 Å². The average molecular weight is 617 g/mol. The Morgan fingerprint density at radius 2 is 1.76 bits per heavy atom. The van der Waals surface area contributed by atoms with Gasteiger partial charge in [-0.3, -0.25) is 9.59 Å². The lowest BCUT2D eigenvalue weighted by Gasteiger charge is -2.37. The Kier molecular flexibility index (Phi) is 10.0. The molecule has 9 heteroatoms. The predicted molar refractivity (Wildman–Crippen MR) is 174 cm³/mol. The summed E-state index contributed by atoms with van der Waals surface area (Å²) >= 11 is 0. The second kappa shape index (κ2) is 14.0. The molecular weight excluding hydrogens is 568 g/mol. The molecule has 0 radical (unpaired) electrons. The Labute approximate surface area is 267 Å². The van der Waals surface area contributed by atoms with Crippen LogP contribution in [-0.4, -0.2) is 60.2 Å². The van der Waals surface area contributed by atoms with E-state index in [9.17, 15) is 14.4 Å². The van der Waals surface area contributed by atoms with Gasteiger partial charge < -0.3 is 30.3 Å². The van der Waals surface area contributed by atoms with Crippen LogP contribution in [-0.2, 0) is 33.7 Å². The highest BCUT2D eigenvalue weighted by Gasteiger charge is 2.37. The van der Waals surface area contributed by atoms with E-state index in [4.69, 9.17) is 9.47 Å². The number of alkyl carbamates (subject to hydrolysis) is 1. The zero-order chi connectivity index (χ0) is 32.1. The maximum absolute atomic E-state index is 14.1. The maximum Gasteiger partial charge on any atom is 0.408 e. The molecule has 5 rings (SSSR count). The molecule has 4 bridgehead atoms. The summed E-state index contributed by atoms with van der Waals surface area (Å²) < 4.78 is 11.7. The lowest BCUT2D eigenvalue weighted by atomic mass is 9.93. The number of fused-ring (bicyclic) bond motifs is 5. The molecular formula is C36H48N4O5. The van der Waals surface area contributed by atoms with Crippen LogP contribution in [0.5, 0.6) is 5.75 Å². The number of rotatable bonds is 2. The third-order valence-electron chi connectivity index (χ3n) is 9.12. The fourth-order valence-corrected chi connectivity index (χ4v) is 6.66. The van der Waals surface area contributed by atoms with E-state index >= 15 is 0 Å². The molecule has 2 aromatic carbocycles. The molecule has 2 heterocycles. The van der Waals surface area contributed by atoms with Crippen LogP contribution in [0, 0.1) is 18.8 Å². The number of hydrogen-bond donors (Lipinski definition) is 3. The number of carbonyl (C=O) groups is 3. The topological polar surface area (TPSA) is 109 Å². The molecule has 2 aromatic rings. The van der Waals surface area contributed by atoms with E-state index in [1.54, 1.807) is 20.8 Å². The van der Waals surface area contributed by atoms with Crippen molar-refractivity contribution in [3.8, 4) is 5.75 Å². The Bertz CT molecular complexity index is 1390. The van der Waals surface area contributed by atoms with Crippen molar-refractivity contribution in [2.45, 2.75) is 90.4 Å². The van der Waals surface area contributed by atoms with E-state index in [1.807, 2.05) is 37.3 Å². The molecule has 2 aliphatic heterocycles. The Morgan fingerprint density at radius 3 is 2.47 bits per heavy atom. The molecule has 0 saturated carbocycles. The number of carbonyl (C=O) groups excluding carboxylic acids is 3. The third kappa shape index (κ3) is 8.59. The number of aryl methyl sites for hydroxylation is 1. The van der Waals surface area contributed by atoms with Gasteiger partial charge in [0.1, 0.15) is 23.4 Å². The van der Waals surface area contributed by atoms with E-state index in [-0.39, 0.29) is 18.2 Å². The zero-order valence-corrected chi connectivity index (χ0v) is 27.1. The first kappa shape index (κ1) is 32.4. The number of hydrogen-bond acceptors (Lipinski definition) is 6. The van der Waals surface area contributed by atoms with Crippen molar-refractivity contribution in [2.75, 3.05) is 19.7 Å². The van der Waals surface area contributed by atoms with Crippen molar-refractivity contribution in [3.63, 3.8) is 0 Å². The van der Waals surface area contributed by atoms with Crippen LogP contribution in [0.15, 0.2) is 54.7 Å². The lowest BCUT2D eigenvalue weighted by molar-refractivity contribution is -0.131. The van der Waals surface area contributed by atoms with Crippen molar-refractivity contribution in [2.24, 2.45) is 11.8 Å². The summed E-state index contributed by atoms with van der Waals surface area (Å²) in [6.45, 7) is 14.2. The molecule has 45 heavy (non-hydrogen) atoms. The summed E-state index contributed by atoms with van der Waals surface area (Å²) in [5.41, 5.74) is 4.42. The number of nitrogens with one attached hydrogen (secondary N) is 3. The highest BCUT2D eigenvalue weighted by molar-refractivity contribution is 5.91. The number of nitrogens with zero attached hydrogens (tertiary/aromatic N) is 1. The summed E-state index contributed by atoms with van der Waals surface area (Å²) in [7, 11) is 0. The standard InChI is InChI=1S/C36H48N4O5/c1-23-12-13-30-20-29(23)21-37-34(42)32(28-18-26-10-6-7-11-27(26)19-28)39-33(41)31(38-35(43)45-36(3,4)5)17-24(2)40-15-8-9-25(22-40)14-16-44-30/h6-7,10-13,20,25,28,31-32H,2,8-9,14-19,21-22H2,1,3-5H3,(H,37,42)(H,38,43)(H,39,41)/t25?,31-,32-/m0/s1. The first-order chi connectivity index (χ1) is 21.4. The third-order valence-corrected chi connectivity index (χ3v) is 9.12. The van der Waals surface area contributed by atoms with Crippen LogP contribution in [0.25, 0.3) is 0 Å². The van der Waals surface area contributed by atoms with Gasteiger partial charge in [0.2, 0.25) is 11.8 Å². The molecule has 0 aromatic heterocycles. The minimum atomic E-state index is -0.965. The van der Waals surface area contributed by atoms with Crippen LogP contribution < -0.4 is 20.7 Å². The van der Waals surface area contributed by atoms with Crippen LogP contribution in [0.1, 0.15) is 68.7 Å². The van der Waals surface area contributed by atoms with Gasteiger partial charge in [0.25, 0.3) is 0 Å². The molecule has 242 valence electrons. The fraction of sp³-hybridized carbons (Fsp3) is 0.528. The van der Waals surface area contributed by atoms with Gasteiger partial charge in [-0.2, -0.15) is 0 Å². The maximum atomic E-state index is 14.1. The predicted octanol–water partition coefficient (Wildman–Crippen LogP) is 4.80. The van der Waals surface area contributed by atoms with E-state index < -0.39 is 29.7 Å². The van der Waals surface area contributed by atoms with Gasteiger partial charge in [0, 0.05) is 31.8 Å². The SMILES string of the molecule is C=C1C[C@H](NC(=O)OC(C)(C)C)C(=O)N[C@@H](C2Cc3ccccc3C2)C(=O)NCc2cc(ccc2C)OCCC2CCCN1C2. The molecule has 1 saturated heterocycles. The fourth-order valence-electron chi connectivity index (χ4n) is 6.66.